The standard InChI is InChI=1S/C62H81F3N12O9S2.Co/c1-66-53-38-54(57(39-56(53)73(3)4)75-22-7-6-8-23-75)70-61(78)50-18-14-47(36-59(50)81-5)86-42-46-41-76(72-71-46)27-29-83-31-33-85-35-34-84-32-30-82-28-26-74-24-20-45(21-25-74)69-52-10-9-11-55-51(52)37-58(77(55)43-62(63,64)65)60-19-15-48(87-60)40-68-44-12-16-49(17-13-44)88(79,80)67-2;/h3,10,12-19,36-39,41,45,66-69H,6-9,11,20-35,40,42-43H2,1-2,4-5H3,(H,70,78);. The number of sulfonamides is 1. The molecule has 9 rings (SSSR count). The van der Waals surface area contributed by atoms with Crippen molar-refractivity contribution in [3.8, 4) is 22.1 Å². The second kappa shape index (κ2) is 32.5. The van der Waals surface area contributed by atoms with Crippen molar-refractivity contribution in [2.45, 2.75) is 88.3 Å². The monoisotopic (exact) mass is 1320 g/mol. The second-order valence-corrected chi connectivity index (χ2v) is 25.1. The Kier molecular flexibility index (Phi) is 24.4. The molecule has 485 valence electrons. The molecule has 0 bridgehead atoms. The predicted molar refractivity (Wildman–Crippen MR) is 338 cm³/mol. The van der Waals surface area contributed by atoms with Crippen molar-refractivity contribution in [2.75, 3.05) is 140 Å². The fourth-order valence-electron chi connectivity index (χ4n) is 11.0. The number of likely N-dealkylation sites (tertiary alicyclic amines) is 1. The average molecular weight is 1320 g/mol. The summed E-state index contributed by atoms with van der Waals surface area (Å²) in [5.74, 6) is 0.580. The van der Waals surface area contributed by atoms with Crippen LogP contribution < -0.4 is 45.3 Å². The number of halogens is 3. The van der Waals surface area contributed by atoms with Gasteiger partial charge in [-0.05, 0) is 75.2 Å². The third-order valence-corrected chi connectivity index (χ3v) is 18.6. The minimum absolute atomic E-state index is 0.154. The van der Waals surface area contributed by atoms with E-state index in [2.05, 4.69) is 73.5 Å². The van der Waals surface area contributed by atoms with Gasteiger partial charge in [0.1, 0.15) is 18.8 Å². The number of carbonyl (C=O) groups excluding carboxylic acids is 1. The first-order valence-corrected chi connectivity index (χ1v) is 32.9. The third-order valence-electron chi connectivity index (χ3n) is 15.7. The number of aromatic nitrogens is 4. The molecule has 2 aliphatic heterocycles. The number of benzene rings is 3. The number of ether oxygens (including phenoxy) is 6. The number of carbonyl (C=O) groups is 1. The van der Waals surface area contributed by atoms with Crippen LogP contribution in [0.15, 0.2) is 90.0 Å². The van der Waals surface area contributed by atoms with E-state index in [1.807, 2.05) is 43.3 Å². The normalized spacial score (nSPS) is 14.9. The van der Waals surface area contributed by atoms with Gasteiger partial charge >= 0.3 is 186 Å². The number of methoxy groups -OCH3 is 1. The van der Waals surface area contributed by atoms with Crippen LogP contribution in [0.1, 0.15) is 70.7 Å². The summed E-state index contributed by atoms with van der Waals surface area (Å²) in [4.78, 5) is 22.3. The van der Waals surface area contributed by atoms with Crippen molar-refractivity contribution in [3.05, 3.63) is 112 Å². The van der Waals surface area contributed by atoms with Gasteiger partial charge in [0.15, 0.2) is 0 Å². The summed E-state index contributed by atoms with van der Waals surface area (Å²) in [5.41, 5.74) is 8.10. The molecule has 5 N–H and O–H groups in total. The van der Waals surface area contributed by atoms with Gasteiger partial charge < -0.3 is 43.8 Å². The molecule has 21 nitrogen and oxygen atoms in total. The molecular weight excluding hydrogens is 1240 g/mol. The third kappa shape index (κ3) is 18.8. The molecule has 1 aliphatic carbocycles. The van der Waals surface area contributed by atoms with Gasteiger partial charge in [-0.3, -0.25) is 0 Å². The summed E-state index contributed by atoms with van der Waals surface area (Å²) in [6.07, 6.45) is 5.84. The van der Waals surface area contributed by atoms with Crippen LogP contribution in [-0.4, -0.2) is 170 Å². The Labute approximate surface area is 530 Å². The van der Waals surface area contributed by atoms with Crippen molar-refractivity contribution in [1.29, 1.82) is 0 Å². The van der Waals surface area contributed by atoms with Crippen LogP contribution in [0, 0.1) is 0 Å². The first kappa shape index (κ1) is 66.9. The molecule has 3 aromatic carbocycles. The Morgan fingerprint density at radius 2 is 1.56 bits per heavy atom. The van der Waals surface area contributed by atoms with Crippen LogP contribution in [-0.2, 0) is 76.9 Å². The molecule has 2 saturated heterocycles. The number of piperidine rings is 2. The molecule has 3 aromatic heterocycles. The number of alkyl halides is 3. The van der Waals surface area contributed by atoms with E-state index in [0.29, 0.717) is 119 Å². The first-order valence-electron chi connectivity index (χ1n) is 30.0. The SMILES string of the molecule is CNc1cc(NC(=O)c2ccc(OCc3cn(CCOCCOCCOCCOCCN4CCC(NC5=CCCc6c5cc(-c5ccc(CNc7ccc(S(=O)(=O)NC)cc7)s5)n6CC(F)(F)F)CC4)nn3)cc2OC)c(N2CCCCC2)cc1N(C)[CH]=[Co]. The molecule has 3 aliphatic rings. The van der Waals surface area contributed by atoms with E-state index in [9.17, 15) is 26.4 Å². The summed E-state index contributed by atoms with van der Waals surface area (Å²) in [7, 11) is 3.11. The van der Waals surface area contributed by atoms with Crippen LogP contribution in [0.4, 0.5) is 41.6 Å². The van der Waals surface area contributed by atoms with E-state index < -0.39 is 22.7 Å². The van der Waals surface area contributed by atoms with Crippen LogP contribution in [0.3, 0.4) is 0 Å². The quantitative estimate of drug-likeness (QED) is 0.0239. The van der Waals surface area contributed by atoms with Gasteiger partial charge in [-0.1, -0.05) is 11.3 Å². The van der Waals surface area contributed by atoms with Crippen LogP contribution in [0.2, 0.25) is 0 Å². The van der Waals surface area contributed by atoms with E-state index in [4.69, 9.17) is 28.4 Å². The summed E-state index contributed by atoms with van der Waals surface area (Å²) in [6, 6.07) is 21.4. The van der Waals surface area contributed by atoms with Crippen LogP contribution in [0.25, 0.3) is 16.3 Å². The molecule has 27 heteroatoms. The Morgan fingerprint density at radius 1 is 0.854 bits per heavy atom. The number of amides is 1. The summed E-state index contributed by atoms with van der Waals surface area (Å²) in [5, 5.41) is 23.5. The van der Waals surface area contributed by atoms with Crippen molar-refractivity contribution >= 4 is 66.5 Å². The number of rotatable bonds is 34. The second-order valence-electron chi connectivity index (χ2n) is 21.8. The van der Waals surface area contributed by atoms with Crippen molar-refractivity contribution in [2.24, 2.45) is 0 Å². The summed E-state index contributed by atoms with van der Waals surface area (Å²) in [6.45, 7) is 8.02. The number of nitrogens with zero attached hydrogens (tertiary/aromatic N) is 7. The Hall–Kier alpha value is -6.53. The molecule has 0 unspecified atom stereocenters. The molecule has 89 heavy (non-hydrogen) atoms. The van der Waals surface area contributed by atoms with Gasteiger partial charge in [0.2, 0.25) is 10.0 Å². The van der Waals surface area contributed by atoms with Gasteiger partial charge in [0.05, 0.1) is 81.1 Å². The molecule has 0 atom stereocenters. The maximum atomic E-state index is 14.1. The molecule has 5 heterocycles. The van der Waals surface area contributed by atoms with E-state index >= 15 is 0 Å². The van der Waals surface area contributed by atoms with Crippen molar-refractivity contribution in [3.63, 3.8) is 0 Å². The molecule has 0 spiro atoms. The zero-order valence-corrected chi connectivity index (χ0v) is 53.5. The maximum absolute atomic E-state index is 14.1. The van der Waals surface area contributed by atoms with E-state index in [1.54, 1.807) is 46.3 Å². The number of allylic oxidation sites excluding steroid dienone is 1. The fourth-order valence-corrected chi connectivity index (χ4v) is 12.8. The van der Waals surface area contributed by atoms with Gasteiger partial charge in [-0.25, -0.2) is 17.8 Å². The van der Waals surface area contributed by atoms with Gasteiger partial charge in [-0.2, -0.15) is 13.2 Å². The molecule has 0 radical (unpaired) electrons. The van der Waals surface area contributed by atoms with Gasteiger partial charge in [0, 0.05) is 59.7 Å². The Balaban J connectivity index is 0.609. The van der Waals surface area contributed by atoms with Crippen molar-refractivity contribution in [1.82, 2.24) is 34.5 Å². The molecule has 0 saturated carbocycles. The fraction of sp³-hybridized carbons (Fsp3) is 0.484. The molecular formula is C62H81CoF3N12O9S2. The molecule has 1 amide bonds. The number of nitrogens with one attached hydrogen (secondary N) is 5. The number of hydrogen-bond acceptors (Lipinski definition) is 18. The average Bonchev–Trinajstić information content (AvgIpc) is 2.05. The summed E-state index contributed by atoms with van der Waals surface area (Å²) < 4.78 is 107. The van der Waals surface area contributed by atoms with E-state index in [1.165, 1.54) is 48.6 Å². The number of fused-ring (bicyclic) bond motifs is 1. The minimum atomic E-state index is -4.40. The van der Waals surface area contributed by atoms with Gasteiger partial charge in [-0.15, -0.1) is 16.4 Å². The topological polar surface area (TPSA) is 212 Å². The molecule has 2 fully saturated rings. The van der Waals surface area contributed by atoms with Gasteiger partial charge in [0.25, 0.3) is 0 Å². The Bertz CT molecular complexity index is 3420. The zero-order valence-electron chi connectivity index (χ0n) is 50.8. The molecule has 6 aromatic rings. The first-order chi connectivity index (χ1) is 43.1. The van der Waals surface area contributed by atoms with Crippen LogP contribution in [0.5, 0.6) is 11.5 Å². The van der Waals surface area contributed by atoms with E-state index in [0.717, 1.165) is 102 Å². The number of hydrogen-bond donors (Lipinski definition) is 5. The zero-order chi connectivity index (χ0) is 62.8. The number of anilines is 5. The van der Waals surface area contributed by atoms with E-state index in [-0.39, 0.29) is 23.5 Å². The predicted octanol–water partition coefficient (Wildman–Crippen LogP) is 8.61. The summed E-state index contributed by atoms with van der Waals surface area (Å²) >= 11 is 5.86. The Morgan fingerprint density at radius 3 is 2.24 bits per heavy atom. The van der Waals surface area contributed by atoms with Crippen molar-refractivity contribution < 1.29 is 70.1 Å². The van der Waals surface area contributed by atoms with Crippen LogP contribution >= 0.6 is 11.3 Å². The number of thiophene rings is 1.